The predicted octanol–water partition coefficient (Wildman–Crippen LogP) is 2.11. The quantitative estimate of drug-likeness (QED) is 0.705. The fourth-order valence-corrected chi connectivity index (χ4v) is 1.12. The van der Waals surface area contributed by atoms with Crippen LogP contribution in [-0.2, 0) is 4.79 Å². The van der Waals surface area contributed by atoms with Crippen LogP contribution in [0.4, 0.5) is 0 Å². The molecule has 0 heterocycles. The Morgan fingerprint density at radius 1 is 1.36 bits per heavy atom. The fraction of sp³-hybridized carbons (Fsp3) is 0.182. The number of hydrogen-bond acceptors (Lipinski definition) is 2. The summed E-state index contributed by atoms with van der Waals surface area (Å²) in [5, 5.41) is 18.1. The molecule has 0 amide bonds. The van der Waals surface area contributed by atoms with E-state index in [1.165, 1.54) is 6.08 Å². The van der Waals surface area contributed by atoms with E-state index in [1.54, 1.807) is 13.0 Å². The predicted molar refractivity (Wildman–Crippen MR) is 54.3 cm³/mol. The number of rotatable bonds is 2. The van der Waals surface area contributed by atoms with Crippen LogP contribution in [0.25, 0.3) is 6.08 Å². The molecule has 0 radical (unpaired) electrons. The summed E-state index contributed by atoms with van der Waals surface area (Å²) >= 11 is 0. The SMILES string of the molecule is Cc1ccc(C=CC(=O)O)c(O)c1C. The second kappa shape index (κ2) is 3.96. The minimum absolute atomic E-state index is 0.141. The zero-order chi connectivity index (χ0) is 10.7. The molecule has 14 heavy (non-hydrogen) atoms. The number of phenolic OH excluding ortho intramolecular Hbond substituents is 1. The van der Waals surface area contributed by atoms with Crippen LogP contribution in [0.15, 0.2) is 18.2 Å². The number of aliphatic carboxylic acids is 1. The molecule has 0 spiro atoms. The lowest BCUT2D eigenvalue weighted by molar-refractivity contribution is -0.131. The molecule has 1 aromatic carbocycles. The van der Waals surface area contributed by atoms with Gasteiger partial charge in [0.05, 0.1) is 0 Å². The molecule has 74 valence electrons. The van der Waals surface area contributed by atoms with Gasteiger partial charge in [-0.1, -0.05) is 12.1 Å². The summed E-state index contributed by atoms with van der Waals surface area (Å²) in [6, 6.07) is 3.54. The molecule has 0 saturated carbocycles. The number of carboxylic acids is 1. The molecule has 0 bridgehead atoms. The first-order valence-corrected chi connectivity index (χ1v) is 4.22. The van der Waals surface area contributed by atoms with E-state index in [0.29, 0.717) is 5.56 Å². The number of benzene rings is 1. The molecule has 0 atom stereocenters. The van der Waals surface area contributed by atoms with Gasteiger partial charge < -0.3 is 10.2 Å². The van der Waals surface area contributed by atoms with Crippen molar-refractivity contribution in [3.63, 3.8) is 0 Å². The number of aromatic hydroxyl groups is 1. The Bertz CT molecular complexity index is 392. The first kappa shape index (κ1) is 10.3. The number of phenols is 1. The normalized spacial score (nSPS) is 10.7. The van der Waals surface area contributed by atoms with E-state index < -0.39 is 5.97 Å². The number of carboxylic acid groups (broad SMARTS) is 1. The molecule has 3 nitrogen and oxygen atoms in total. The molecule has 2 N–H and O–H groups in total. The summed E-state index contributed by atoms with van der Waals surface area (Å²) in [5.74, 6) is -0.884. The summed E-state index contributed by atoms with van der Waals surface area (Å²) in [5.41, 5.74) is 2.28. The molecular formula is C11H12O3. The summed E-state index contributed by atoms with van der Waals surface area (Å²) in [7, 11) is 0. The van der Waals surface area contributed by atoms with Crippen molar-refractivity contribution < 1.29 is 15.0 Å². The maximum absolute atomic E-state index is 10.3. The Morgan fingerprint density at radius 3 is 2.57 bits per heavy atom. The fourth-order valence-electron chi connectivity index (χ4n) is 1.12. The first-order valence-electron chi connectivity index (χ1n) is 4.22. The molecule has 3 heteroatoms. The van der Waals surface area contributed by atoms with E-state index in [2.05, 4.69) is 0 Å². The highest BCUT2D eigenvalue weighted by Gasteiger charge is 2.03. The molecule has 0 saturated heterocycles. The largest absolute Gasteiger partial charge is 0.507 e. The van der Waals surface area contributed by atoms with Gasteiger partial charge in [-0.2, -0.15) is 0 Å². The molecule has 0 unspecified atom stereocenters. The summed E-state index contributed by atoms with van der Waals surface area (Å²) < 4.78 is 0. The summed E-state index contributed by atoms with van der Waals surface area (Å²) in [4.78, 5) is 10.3. The lowest BCUT2D eigenvalue weighted by atomic mass is 10.0. The first-order chi connectivity index (χ1) is 6.52. The Hall–Kier alpha value is -1.77. The summed E-state index contributed by atoms with van der Waals surface area (Å²) in [6.07, 6.45) is 2.38. The van der Waals surface area contributed by atoms with Crippen molar-refractivity contribution in [2.24, 2.45) is 0 Å². The van der Waals surface area contributed by atoms with Gasteiger partial charge in [-0.05, 0) is 31.1 Å². The molecule has 0 aromatic heterocycles. The minimum atomic E-state index is -1.03. The van der Waals surface area contributed by atoms with Crippen LogP contribution < -0.4 is 0 Å². The average molecular weight is 192 g/mol. The Morgan fingerprint density at radius 2 is 2.00 bits per heavy atom. The van der Waals surface area contributed by atoms with Crippen LogP contribution >= 0.6 is 0 Å². The number of hydrogen-bond donors (Lipinski definition) is 2. The topological polar surface area (TPSA) is 57.5 Å². The standard InChI is InChI=1S/C11H12O3/c1-7-3-4-9(5-6-10(12)13)11(14)8(7)2/h3-6,14H,1-2H3,(H,12,13). The van der Waals surface area contributed by atoms with Crippen LogP contribution in [0, 0.1) is 13.8 Å². The van der Waals surface area contributed by atoms with Crippen molar-refractivity contribution in [3.8, 4) is 5.75 Å². The highest BCUT2D eigenvalue weighted by molar-refractivity contribution is 5.86. The lowest BCUT2D eigenvalue weighted by Crippen LogP contribution is -1.88. The van der Waals surface area contributed by atoms with E-state index in [0.717, 1.165) is 17.2 Å². The lowest BCUT2D eigenvalue weighted by Gasteiger charge is -2.05. The highest BCUT2D eigenvalue weighted by atomic mass is 16.4. The van der Waals surface area contributed by atoms with E-state index >= 15 is 0 Å². The number of carbonyl (C=O) groups is 1. The van der Waals surface area contributed by atoms with E-state index in [1.807, 2.05) is 13.0 Å². The van der Waals surface area contributed by atoms with Crippen LogP contribution in [0.1, 0.15) is 16.7 Å². The zero-order valence-electron chi connectivity index (χ0n) is 8.11. The Balaban J connectivity index is 3.12. The molecule has 0 aliphatic heterocycles. The minimum Gasteiger partial charge on any atom is -0.507 e. The van der Waals surface area contributed by atoms with Crippen molar-refractivity contribution in [1.29, 1.82) is 0 Å². The molecule has 1 rings (SSSR count). The third kappa shape index (κ3) is 2.13. The van der Waals surface area contributed by atoms with Gasteiger partial charge >= 0.3 is 5.97 Å². The van der Waals surface area contributed by atoms with Crippen molar-refractivity contribution in [3.05, 3.63) is 34.9 Å². The van der Waals surface area contributed by atoms with E-state index in [4.69, 9.17) is 5.11 Å². The van der Waals surface area contributed by atoms with Gasteiger partial charge in [0.15, 0.2) is 0 Å². The third-order valence-electron chi connectivity index (χ3n) is 2.14. The average Bonchev–Trinajstić information content (AvgIpc) is 2.13. The van der Waals surface area contributed by atoms with Crippen molar-refractivity contribution in [2.45, 2.75) is 13.8 Å². The van der Waals surface area contributed by atoms with Crippen LogP contribution in [0.5, 0.6) is 5.75 Å². The summed E-state index contributed by atoms with van der Waals surface area (Å²) in [6.45, 7) is 3.68. The van der Waals surface area contributed by atoms with Crippen LogP contribution in [0.2, 0.25) is 0 Å². The third-order valence-corrected chi connectivity index (χ3v) is 2.14. The van der Waals surface area contributed by atoms with E-state index in [-0.39, 0.29) is 5.75 Å². The maximum atomic E-state index is 10.3. The second-order valence-electron chi connectivity index (χ2n) is 3.12. The van der Waals surface area contributed by atoms with Crippen LogP contribution in [0.3, 0.4) is 0 Å². The molecule has 1 aromatic rings. The van der Waals surface area contributed by atoms with Crippen molar-refractivity contribution in [1.82, 2.24) is 0 Å². The van der Waals surface area contributed by atoms with Gasteiger partial charge in [0.1, 0.15) is 5.75 Å². The Labute approximate surface area is 82.3 Å². The molecule has 0 aliphatic carbocycles. The molecular weight excluding hydrogens is 180 g/mol. The zero-order valence-corrected chi connectivity index (χ0v) is 8.11. The number of aryl methyl sites for hydroxylation is 1. The Kier molecular flexibility index (Phi) is 2.92. The molecule has 0 aliphatic rings. The van der Waals surface area contributed by atoms with Gasteiger partial charge in [0, 0.05) is 11.6 Å². The van der Waals surface area contributed by atoms with Crippen LogP contribution in [-0.4, -0.2) is 16.2 Å². The molecule has 0 fully saturated rings. The second-order valence-corrected chi connectivity index (χ2v) is 3.12. The highest BCUT2D eigenvalue weighted by Crippen LogP contribution is 2.25. The smallest absolute Gasteiger partial charge is 0.328 e. The van der Waals surface area contributed by atoms with Gasteiger partial charge in [0.2, 0.25) is 0 Å². The monoisotopic (exact) mass is 192 g/mol. The van der Waals surface area contributed by atoms with Gasteiger partial charge in [-0.3, -0.25) is 0 Å². The van der Waals surface area contributed by atoms with Crippen molar-refractivity contribution >= 4 is 12.0 Å². The maximum Gasteiger partial charge on any atom is 0.328 e. The van der Waals surface area contributed by atoms with Gasteiger partial charge in [0.25, 0.3) is 0 Å². The van der Waals surface area contributed by atoms with E-state index in [9.17, 15) is 9.90 Å². The van der Waals surface area contributed by atoms with Crippen molar-refractivity contribution in [2.75, 3.05) is 0 Å². The van der Waals surface area contributed by atoms with Gasteiger partial charge in [-0.25, -0.2) is 4.79 Å². The van der Waals surface area contributed by atoms with Gasteiger partial charge in [-0.15, -0.1) is 0 Å².